The Morgan fingerprint density at radius 1 is 1.33 bits per heavy atom. The second-order valence-corrected chi connectivity index (χ2v) is 6.46. The molecule has 0 atom stereocenters. The average molecular weight is 255 g/mol. The maximum absolute atomic E-state index is 12.2. The Morgan fingerprint density at radius 3 is 2.28 bits per heavy atom. The average Bonchev–Trinajstić information content (AvgIpc) is 3.06. The van der Waals surface area contributed by atoms with Crippen LogP contribution in [0.5, 0.6) is 0 Å². The Bertz CT molecular complexity index is 290. The van der Waals surface area contributed by atoms with Crippen LogP contribution >= 0.6 is 0 Å². The fourth-order valence-corrected chi connectivity index (χ4v) is 1.87. The van der Waals surface area contributed by atoms with Crippen LogP contribution in [0.2, 0.25) is 0 Å². The zero-order valence-corrected chi connectivity index (χ0v) is 12.5. The minimum Gasteiger partial charge on any atom is -0.354 e. The summed E-state index contributed by atoms with van der Waals surface area (Å²) >= 11 is 0. The highest BCUT2D eigenvalue weighted by Gasteiger charge is 2.40. The highest BCUT2D eigenvalue weighted by Crippen LogP contribution is 2.28. The number of rotatable bonds is 7. The third kappa shape index (κ3) is 3.69. The van der Waals surface area contributed by atoms with Crippen molar-refractivity contribution in [3.63, 3.8) is 0 Å². The number of nitrogens with two attached hydrogens (primary N) is 1. The van der Waals surface area contributed by atoms with E-state index in [9.17, 15) is 4.79 Å². The van der Waals surface area contributed by atoms with Crippen LogP contribution in [0.15, 0.2) is 0 Å². The third-order valence-corrected chi connectivity index (χ3v) is 4.33. The molecule has 0 aromatic carbocycles. The Morgan fingerprint density at radius 2 is 1.89 bits per heavy atom. The van der Waals surface area contributed by atoms with E-state index in [1.807, 2.05) is 27.7 Å². The van der Waals surface area contributed by atoms with Crippen LogP contribution < -0.4 is 11.1 Å². The van der Waals surface area contributed by atoms with Crippen molar-refractivity contribution in [2.24, 2.45) is 11.1 Å². The zero-order chi connectivity index (χ0) is 14.0. The summed E-state index contributed by atoms with van der Waals surface area (Å²) in [7, 11) is 0. The molecule has 0 aromatic rings. The maximum Gasteiger partial charge on any atom is 0.227 e. The highest BCUT2D eigenvalue weighted by atomic mass is 16.2. The molecular weight excluding hydrogens is 226 g/mol. The van der Waals surface area contributed by atoms with E-state index in [0.29, 0.717) is 6.54 Å². The van der Waals surface area contributed by atoms with Gasteiger partial charge in [0.2, 0.25) is 5.91 Å². The highest BCUT2D eigenvalue weighted by molar-refractivity contribution is 5.83. The molecule has 1 aliphatic rings. The summed E-state index contributed by atoms with van der Waals surface area (Å²) in [6.45, 7) is 12.5. The van der Waals surface area contributed by atoms with Crippen LogP contribution in [0, 0.1) is 5.41 Å². The predicted octanol–water partition coefficient (Wildman–Crippen LogP) is 1.35. The lowest BCUT2D eigenvalue weighted by molar-refractivity contribution is -0.132. The van der Waals surface area contributed by atoms with Crippen molar-refractivity contribution < 1.29 is 4.79 Å². The van der Waals surface area contributed by atoms with Crippen molar-refractivity contribution in [3.05, 3.63) is 0 Å². The minimum absolute atomic E-state index is 0.0434. The van der Waals surface area contributed by atoms with Gasteiger partial charge in [0.15, 0.2) is 0 Å². The van der Waals surface area contributed by atoms with Gasteiger partial charge in [0, 0.05) is 24.7 Å². The Hall–Kier alpha value is -0.610. The van der Waals surface area contributed by atoms with Gasteiger partial charge in [-0.05, 0) is 47.1 Å². The van der Waals surface area contributed by atoms with Gasteiger partial charge in [-0.2, -0.15) is 0 Å². The second kappa shape index (κ2) is 5.57. The van der Waals surface area contributed by atoms with Gasteiger partial charge >= 0.3 is 0 Å². The summed E-state index contributed by atoms with van der Waals surface area (Å²) in [4.78, 5) is 14.6. The van der Waals surface area contributed by atoms with E-state index in [1.54, 1.807) is 0 Å². The lowest BCUT2D eigenvalue weighted by Crippen LogP contribution is -2.56. The van der Waals surface area contributed by atoms with E-state index in [1.165, 1.54) is 12.8 Å². The van der Waals surface area contributed by atoms with Gasteiger partial charge in [-0.15, -0.1) is 0 Å². The molecule has 0 heterocycles. The van der Waals surface area contributed by atoms with Crippen LogP contribution in [0.3, 0.4) is 0 Å². The predicted molar refractivity (Wildman–Crippen MR) is 75.3 cm³/mol. The SMILES string of the molecule is CCN(CCNC(=O)C(C)(C)C(C)(C)N)C1CC1. The quantitative estimate of drug-likeness (QED) is 0.722. The van der Waals surface area contributed by atoms with Crippen molar-refractivity contribution >= 4 is 5.91 Å². The van der Waals surface area contributed by atoms with Gasteiger partial charge in [-0.25, -0.2) is 0 Å². The number of hydrogen-bond donors (Lipinski definition) is 2. The first kappa shape index (κ1) is 15.4. The van der Waals surface area contributed by atoms with Crippen LogP contribution in [0.4, 0.5) is 0 Å². The maximum atomic E-state index is 12.2. The molecule has 1 fully saturated rings. The van der Waals surface area contributed by atoms with Gasteiger partial charge in [-0.3, -0.25) is 9.69 Å². The number of likely N-dealkylation sites (N-methyl/N-ethyl adjacent to an activating group) is 1. The number of amides is 1. The lowest BCUT2D eigenvalue weighted by Gasteiger charge is -2.37. The van der Waals surface area contributed by atoms with Crippen molar-refractivity contribution in [2.45, 2.75) is 59.0 Å². The summed E-state index contributed by atoms with van der Waals surface area (Å²) < 4.78 is 0. The second-order valence-electron chi connectivity index (χ2n) is 6.46. The normalized spacial score (nSPS) is 17.1. The molecule has 3 N–H and O–H groups in total. The van der Waals surface area contributed by atoms with Crippen molar-refractivity contribution in [1.82, 2.24) is 10.2 Å². The molecule has 0 aromatic heterocycles. The topological polar surface area (TPSA) is 58.4 Å². The van der Waals surface area contributed by atoms with Crippen molar-refractivity contribution in [2.75, 3.05) is 19.6 Å². The Balaban J connectivity index is 2.36. The molecule has 0 radical (unpaired) electrons. The largest absolute Gasteiger partial charge is 0.354 e. The molecule has 0 aliphatic heterocycles. The van der Waals surface area contributed by atoms with Crippen molar-refractivity contribution in [1.29, 1.82) is 0 Å². The molecule has 106 valence electrons. The van der Waals surface area contributed by atoms with E-state index in [4.69, 9.17) is 5.73 Å². The van der Waals surface area contributed by atoms with E-state index < -0.39 is 11.0 Å². The number of carbonyl (C=O) groups is 1. The number of hydrogen-bond acceptors (Lipinski definition) is 3. The summed E-state index contributed by atoms with van der Waals surface area (Å²) in [6.07, 6.45) is 2.62. The number of nitrogens with one attached hydrogen (secondary N) is 1. The molecule has 1 amide bonds. The first-order valence-corrected chi connectivity index (χ1v) is 7.01. The Labute approximate surface area is 111 Å². The first-order valence-electron chi connectivity index (χ1n) is 7.01. The smallest absolute Gasteiger partial charge is 0.227 e. The summed E-state index contributed by atoms with van der Waals surface area (Å²) in [5, 5.41) is 3.02. The molecule has 1 aliphatic carbocycles. The molecule has 1 saturated carbocycles. The fourth-order valence-electron chi connectivity index (χ4n) is 1.87. The van der Waals surface area contributed by atoms with Gasteiger partial charge in [0.25, 0.3) is 0 Å². The summed E-state index contributed by atoms with van der Waals surface area (Å²) in [5.74, 6) is 0.0434. The van der Waals surface area contributed by atoms with Crippen LogP contribution in [-0.4, -0.2) is 42.0 Å². The van der Waals surface area contributed by atoms with E-state index in [2.05, 4.69) is 17.1 Å². The van der Waals surface area contributed by atoms with E-state index >= 15 is 0 Å². The molecule has 18 heavy (non-hydrogen) atoms. The molecular formula is C14H29N3O. The molecule has 0 saturated heterocycles. The standard InChI is InChI=1S/C14H29N3O/c1-6-17(11-7-8-11)10-9-16-12(18)13(2,3)14(4,5)15/h11H,6-10,15H2,1-5H3,(H,16,18). The van der Waals surface area contributed by atoms with Gasteiger partial charge in [-0.1, -0.05) is 6.92 Å². The van der Waals surface area contributed by atoms with Crippen LogP contribution in [-0.2, 0) is 4.79 Å². The lowest BCUT2D eigenvalue weighted by atomic mass is 9.74. The molecule has 4 heteroatoms. The van der Waals surface area contributed by atoms with Crippen LogP contribution in [0.1, 0.15) is 47.5 Å². The van der Waals surface area contributed by atoms with E-state index in [-0.39, 0.29) is 5.91 Å². The number of carbonyl (C=O) groups excluding carboxylic acids is 1. The summed E-state index contributed by atoms with van der Waals surface area (Å²) in [6, 6.07) is 0.755. The molecule has 1 rings (SSSR count). The fraction of sp³-hybridized carbons (Fsp3) is 0.929. The molecule has 0 unspecified atom stereocenters. The monoisotopic (exact) mass is 255 g/mol. The summed E-state index contributed by atoms with van der Waals surface area (Å²) in [5.41, 5.74) is 4.99. The number of nitrogens with zero attached hydrogens (tertiary/aromatic N) is 1. The van der Waals surface area contributed by atoms with Crippen LogP contribution in [0.25, 0.3) is 0 Å². The van der Waals surface area contributed by atoms with Gasteiger partial charge in [0.1, 0.15) is 0 Å². The minimum atomic E-state index is -0.552. The first-order chi connectivity index (χ1) is 8.20. The molecule has 4 nitrogen and oxygen atoms in total. The Kier molecular flexibility index (Phi) is 4.78. The van der Waals surface area contributed by atoms with Crippen molar-refractivity contribution in [3.8, 4) is 0 Å². The molecule has 0 bridgehead atoms. The molecule has 0 spiro atoms. The zero-order valence-electron chi connectivity index (χ0n) is 12.5. The van der Waals surface area contributed by atoms with Gasteiger partial charge < -0.3 is 11.1 Å². The third-order valence-electron chi connectivity index (χ3n) is 4.33. The van der Waals surface area contributed by atoms with Gasteiger partial charge in [0.05, 0.1) is 5.41 Å². The van der Waals surface area contributed by atoms with E-state index in [0.717, 1.165) is 19.1 Å².